The van der Waals surface area contributed by atoms with Crippen molar-refractivity contribution in [3.8, 4) is 0 Å². The van der Waals surface area contributed by atoms with Crippen LogP contribution in [0, 0.1) is 35.5 Å². The summed E-state index contributed by atoms with van der Waals surface area (Å²) in [6.45, 7) is 5.80. The summed E-state index contributed by atoms with van der Waals surface area (Å²) in [7, 11) is 0. The van der Waals surface area contributed by atoms with Crippen molar-refractivity contribution in [2.75, 3.05) is 0 Å². The van der Waals surface area contributed by atoms with E-state index in [1.165, 1.54) is 38.5 Å². The normalized spacial score (nSPS) is 48.8. The van der Waals surface area contributed by atoms with E-state index >= 15 is 0 Å². The minimum atomic E-state index is -1.22. The van der Waals surface area contributed by atoms with Crippen molar-refractivity contribution in [2.24, 2.45) is 35.5 Å². The Labute approximate surface area is 141 Å². The van der Waals surface area contributed by atoms with Crippen molar-refractivity contribution in [1.29, 1.82) is 0 Å². The molecule has 0 radical (unpaired) electrons. The van der Waals surface area contributed by atoms with Crippen LogP contribution in [0.2, 0.25) is 0 Å². The van der Waals surface area contributed by atoms with Crippen LogP contribution in [0.3, 0.4) is 0 Å². The SMILES string of the molecule is C=CC1CCC(C2CCC([C@@H]3CCC(C)C(F)[C@@H]3F)CC2)CC1. The van der Waals surface area contributed by atoms with Crippen LogP contribution in [0.4, 0.5) is 8.78 Å². The lowest BCUT2D eigenvalue weighted by molar-refractivity contribution is -0.00986. The van der Waals surface area contributed by atoms with E-state index in [-0.39, 0.29) is 11.8 Å². The summed E-state index contributed by atoms with van der Waals surface area (Å²) >= 11 is 0. The maximum atomic E-state index is 14.4. The zero-order chi connectivity index (χ0) is 16.4. The maximum absolute atomic E-state index is 14.4. The van der Waals surface area contributed by atoms with Crippen LogP contribution in [0.5, 0.6) is 0 Å². The third-order valence-corrected chi connectivity index (χ3v) is 7.45. The summed E-state index contributed by atoms with van der Waals surface area (Å²) in [6.07, 6.45) is 11.6. The van der Waals surface area contributed by atoms with Crippen molar-refractivity contribution in [2.45, 2.75) is 83.5 Å². The predicted molar refractivity (Wildman–Crippen MR) is 92.8 cm³/mol. The fraction of sp³-hybridized carbons (Fsp3) is 0.905. The van der Waals surface area contributed by atoms with Crippen LogP contribution in [-0.2, 0) is 0 Å². The molecule has 3 saturated carbocycles. The quantitative estimate of drug-likeness (QED) is 0.519. The van der Waals surface area contributed by atoms with Gasteiger partial charge in [-0.1, -0.05) is 13.0 Å². The van der Waals surface area contributed by atoms with Gasteiger partial charge in [0.1, 0.15) is 12.3 Å². The van der Waals surface area contributed by atoms with E-state index in [1.54, 1.807) is 0 Å². The first-order valence-electron chi connectivity index (χ1n) is 10.0. The van der Waals surface area contributed by atoms with E-state index in [9.17, 15) is 8.78 Å². The Bertz CT molecular complexity index is 377. The van der Waals surface area contributed by atoms with E-state index in [1.807, 2.05) is 6.92 Å². The highest BCUT2D eigenvalue weighted by atomic mass is 19.2. The van der Waals surface area contributed by atoms with E-state index in [0.717, 1.165) is 43.4 Å². The summed E-state index contributed by atoms with van der Waals surface area (Å²) in [4.78, 5) is 0. The number of hydrogen-bond donors (Lipinski definition) is 0. The van der Waals surface area contributed by atoms with Gasteiger partial charge < -0.3 is 0 Å². The minimum Gasteiger partial charge on any atom is -0.244 e. The molecule has 0 spiro atoms. The van der Waals surface area contributed by atoms with Gasteiger partial charge in [-0.15, -0.1) is 6.58 Å². The van der Waals surface area contributed by atoms with Crippen LogP contribution in [0.25, 0.3) is 0 Å². The molecule has 4 atom stereocenters. The van der Waals surface area contributed by atoms with E-state index in [2.05, 4.69) is 12.7 Å². The molecule has 2 unspecified atom stereocenters. The second-order valence-electron chi connectivity index (χ2n) is 8.69. The Hall–Kier alpha value is -0.400. The van der Waals surface area contributed by atoms with Crippen LogP contribution in [-0.4, -0.2) is 12.3 Å². The van der Waals surface area contributed by atoms with Gasteiger partial charge in [-0.2, -0.15) is 0 Å². The molecule has 2 heteroatoms. The lowest BCUT2D eigenvalue weighted by atomic mass is 9.64. The zero-order valence-corrected chi connectivity index (χ0v) is 14.7. The number of halogens is 2. The lowest BCUT2D eigenvalue weighted by Gasteiger charge is -2.42. The standard InChI is InChI=1S/C21H34F2/c1-3-15-5-7-16(8-6-15)17-9-11-18(12-10-17)19-13-4-14(2)20(22)21(19)23/h3,14-21H,1,4-13H2,2H3/t14?,15?,16?,17?,18?,19-,20?,21+/m0/s1. The average Bonchev–Trinajstić information content (AvgIpc) is 2.60. The van der Waals surface area contributed by atoms with Crippen LogP contribution < -0.4 is 0 Å². The topological polar surface area (TPSA) is 0 Å². The molecule has 3 fully saturated rings. The Morgan fingerprint density at radius 2 is 1.22 bits per heavy atom. The first kappa shape index (κ1) is 17.4. The van der Waals surface area contributed by atoms with Gasteiger partial charge >= 0.3 is 0 Å². The highest BCUT2D eigenvalue weighted by Gasteiger charge is 2.43. The fourth-order valence-electron chi connectivity index (χ4n) is 5.72. The predicted octanol–water partition coefficient (Wildman–Crippen LogP) is 6.51. The Morgan fingerprint density at radius 3 is 1.78 bits per heavy atom. The van der Waals surface area contributed by atoms with Gasteiger partial charge in [0, 0.05) is 0 Å². The molecule has 0 bridgehead atoms. The van der Waals surface area contributed by atoms with Gasteiger partial charge in [-0.3, -0.25) is 0 Å². The summed E-state index contributed by atoms with van der Waals surface area (Å²) in [5.74, 6) is 2.82. The van der Waals surface area contributed by atoms with Crippen molar-refractivity contribution in [3.05, 3.63) is 12.7 Å². The molecular weight excluding hydrogens is 290 g/mol. The van der Waals surface area contributed by atoms with E-state index in [0.29, 0.717) is 5.92 Å². The van der Waals surface area contributed by atoms with Crippen LogP contribution >= 0.6 is 0 Å². The van der Waals surface area contributed by atoms with Crippen molar-refractivity contribution < 1.29 is 8.78 Å². The number of rotatable bonds is 3. The molecule has 3 aliphatic carbocycles. The molecule has 132 valence electrons. The first-order chi connectivity index (χ1) is 11.1. The highest BCUT2D eigenvalue weighted by molar-refractivity contribution is 4.93. The molecule has 0 nitrogen and oxygen atoms in total. The summed E-state index contributed by atoms with van der Waals surface area (Å²) in [5, 5.41) is 0. The van der Waals surface area contributed by atoms with Gasteiger partial charge in [0.15, 0.2) is 0 Å². The number of hydrogen-bond acceptors (Lipinski definition) is 0. The molecule has 3 rings (SSSR count). The molecule has 0 aromatic heterocycles. The summed E-state index contributed by atoms with van der Waals surface area (Å²) in [5.41, 5.74) is 0. The smallest absolute Gasteiger partial charge is 0.134 e. The number of alkyl halides is 2. The molecule has 3 aliphatic rings. The second-order valence-corrected chi connectivity index (χ2v) is 8.69. The van der Waals surface area contributed by atoms with E-state index < -0.39 is 12.3 Å². The van der Waals surface area contributed by atoms with Gasteiger partial charge in [0.05, 0.1) is 0 Å². The summed E-state index contributed by atoms with van der Waals surface area (Å²) in [6, 6.07) is 0. The zero-order valence-electron chi connectivity index (χ0n) is 14.7. The largest absolute Gasteiger partial charge is 0.244 e. The third kappa shape index (κ3) is 3.82. The molecule has 0 heterocycles. The van der Waals surface area contributed by atoms with Crippen molar-refractivity contribution >= 4 is 0 Å². The molecule has 0 amide bonds. The molecule has 0 aliphatic heterocycles. The third-order valence-electron chi connectivity index (χ3n) is 7.45. The van der Waals surface area contributed by atoms with Gasteiger partial charge in [0.2, 0.25) is 0 Å². The second kappa shape index (κ2) is 7.66. The van der Waals surface area contributed by atoms with Crippen molar-refractivity contribution in [3.63, 3.8) is 0 Å². The molecule has 23 heavy (non-hydrogen) atoms. The summed E-state index contributed by atoms with van der Waals surface area (Å²) < 4.78 is 28.5. The first-order valence-corrected chi connectivity index (χ1v) is 10.0. The Morgan fingerprint density at radius 1 is 0.696 bits per heavy atom. The van der Waals surface area contributed by atoms with Gasteiger partial charge in [0.25, 0.3) is 0 Å². The monoisotopic (exact) mass is 324 g/mol. The Balaban J connectivity index is 1.48. The molecule has 0 N–H and O–H groups in total. The van der Waals surface area contributed by atoms with E-state index in [4.69, 9.17) is 0 Å². The average molecular weight is 324 g/mol. The molecule has 0 aromatic carbocycles. The van der Waals surface area contributed by atoms with Crippen LogP contribution in [0.1, 0.15) is 71.1 Å². The van der Waals surface area contributed by atoms with Gasteiger partial charge in [-0.05, 0) is 99.7 Å². The highest BCUT2D eigenvalue weighted by Crippen LogP contribution is 2.47. The lowest BCUT2D eigenvalue weighted by Crippen LogP contribution is -2.41. The van der Waals surface area contributed by atoms with Crippen LogP contribution in [0.15, 0.2) is 12.7 Å². The fourth-order valence-corrected chi connectivity index (χ4v) is 5.72. The molecule has 0 aromatic rings. The minimum absolute atomic E-state index is 0.00125. The van der Waals surface area contributed by atoms with Crippen molar-refractivity contribution in [1.82, 2.24) is 0 Å². The number of allylic oxidation sites excluding steroid dienone is 1. The van der Waals surface area contributed by atoms with Gasteiger partial charge in [-0.25, -0.2) is 8.78 Å². The molecular formula is C21H34F2. The maximum Gasteiger partial charge on any atom is 0.134 e. The Kier molecular flexibility index (Phi) is 5.80. The molecule has 0 saturated heterocycles.